The molecule has 8 heteroatoms. The summed E-state index contributed by atoms with van der Waals surface area (Å²) in [5, 5.41) is 8.71. The predicted octanol–water partition coefficient (Wildman–Crippen LogP) is 5.09. The van der Waals surface area contributed by atoms with Crippen LogP contribution >= 0.6 is 0 Å². The summed E-state index contributed by atoms with van der Waals surface area (Å²) >= 11 is 0. The lowest BCUT2D eigenvalue weighted by Crippen LogP contribution is -2.26. The average molecular weight is 456 g/mol. The van der Waals surface area contributed by atoms with Crippen LogP contribution < -0.4 is 14.4 Å². The fourth-order valence-electron chi connectivity index (χ4n) is 3.22. The Hall–Kier alpha value is -3.68. The zero-order valence-electron chi connectivity index (χ0n) is 18.5. The highest BCUT2D eigenvalue weighted by atomic mass is 19.3. The van der Waals surface area contributed by atoms with Crippen molar-refractivity contribution in [2.24, 2.45) is 0 Å². The van der Waals surface area contributed by atoms with Gasteiger partial charge < -0.3 is 19.5 Å². The summed E-state index contributed by atoms with van der Waals surface area (Å²) in [6.45, 7) is 3.36. The first kappa shape index (κ1) is 24.0. The fourth-order valence-corrected chi connectivity index (χ4v) is 3.22. The van der Waals surface area contributed by atoms with Crippen LogP contribution in [0.1, 0.15) is 23.6 Å². The zero-order chi connectivity index (χ0) is 23.8. The van der Waals surface area contributed by atoms with Crippen LogP contribution in [-0.4, -0.2) is 35.3 Å². The van der Waals surface area contributed by atoms with E-state index < -0.39 is 12.1 Å². The Morgan fingerprint density at radius 2 is 1.82 bits per heavy atom. The summed E-state index contributed by atoms with van der Waals surface area (Å²) in [4.78, 5) is 17.2. The van der Waals surface area contributed by atoms with Gasteiger partial charge >= 0.3 is 12.1 Å². The third kappa shape index (κ3) is 8.07. The zero-order valence-corrected chi connectivity index (χ0v) is 18.5. The first-order chi connectivity index (χ1) is 15.7. The van der Waals surface area contributed by atoms with E-state index in [0.29, 0.717) is 32.2 Å². The molecule has 1 heterocycles. The first-order valence-electron chi connectivity index (χ1n) is 10.4. The van der Waals surface area contributed by atoms with Crippen molar-refractivity contribution in [2.45, 2.75) is 32.9 Å². The minimum Gasteiger partial charge on any atom is -0.482 e. The van der Waals surface area contributed by atoms with Crippen molar-refractivity contribution in [2.75, 3.05) is 18.1 Å². The summed E-state index contributed by atoms with van der Waals surface area (Å²) in [7, 11) is 0. The molecule has 0 spiro atoms. The molecule has 174 valence electrons. The Balaban J connectivity index is 1.72. The van der Waals surface area contributed by atoms with E-state index in [0.717, 1.165) is 22.5 Å². The second kappa shape index (κ2) is 10.8. The van der Waals surface area contributed by atoms with Crippen LogP contribution in [0.5, 0.6) is 11.5 Å². The highest BCUT2D eigenvalue weighted by Crippen LogP contribution is 2.24. The molecule has 0 bridgehead atoms. The molecule has 0 amide bonds. The summed E-state index contributed by atoms with van der Waals surface area (Å²) in [5.74, 6) is 0.336. The van der Waals surface area contributed by atoms with E-state index >= 15 is 0 Å². The molecule has 3 aromatic rings. The predicted molar refractivity (Wildman–Crippen MR) is 121 cm³/mol. The molecule has 0 aliphatic rings. The number of aliphatic carboxylic acids is 1. The average Bonchev–Trinajstić information content (AvgIpc) is 2.75. The number of ether oxygens (including phenoxy) is 2. The SMILES string of the molecule is Cc1ccc(N(CCc2ccc(OCC(=O)O)cc2)Cc2cccc(OC(C)(F)F)c2)nc1. The van der Waals surface area contributed by atoms with Gasteiger partial charge in [0, 0.05) is 26.2 Å². The monoisotopic (exact) mass is 456 g/mol. The molecule has 6 nitrogen and oxygen atoms in total. The van der Waals surface area contributed by atoms with E-state index in [1.54, 1.807) is 30.5 Å². The van der Waals surface area contributed by atoms with Crippen molar-refractivity contribution >= 4 is 11.8 Å². The molecule has 0 saturated carbocycles. The Morgan fingerprint density at radius 1 is 1.06 bits per heavy atom. The standard InChI is InChI=1S/C25H26F2N2O4/c1-18-6-11-23(28-15-18)29(16-20-4-3-5-22(14-20)33-25(2,26)27)13-12-19-7-9-21(10-8-19)32-17-24(30)31/h3-11,14-15H,12-13,16-17H2,1-2H3,(H,30,31). The Kier molecular flexibility index (Phi) is 7.82. The van der Waals surface area contributed by atoms with Crippen LogP contribution in [0.4, 0.5) is 14.6 Å². The molecular weight excluding hydrogens is 430 g/mol. The lowest BCUT2D eigenvalue weighted by molar-refractivity contribution is -0.159. The van der Waals surface area contributed by atoms with Gasteiger partial charge in [0.25, 0.3) is 0 Å². The molecule has 0 aliphatic carbocycles. The van der Waals surface area contributed by atoms with Gasteiger partial charge in [0.05, 0.1) is 0 Å². The van der Waals surface area contributed by atoms with Crippen LogP contribution in [0.15, 0.2) is 66.9 Å². The van der Waals surface area contributed by atoms with E-state index in [9.17, 15) is 13.6 Å². The number of nitrogens with zero attached hydrogens (tertiary/aromatic N) is 2. The second-order valence-corrected chi connectivity index (χ2v) is 7.75. The molecule has 1 N–H and O–H groups in total. The highest BCUT2D eigenvalue weighted by Gasteiger charge is 2.23. The van der Waals surface area contributed by atoms with Gasteiger partial charge in [-0.25, -0.2) is 9.78 Å². The molecule has 3 rings (SSSR count). The third-order valence-corrected chi connectivity index (χ3v) is 4.74. The van der Waals surface area contributed by atoms with Crippen LogP contribution in [0.3, 0.4) is 0 Å². The van der Waals surface area contributed by atoms with Gasteiger partial charge in [-0.05, 0) is 60.4 Å². The van der Waals surface area contributed by atoms with Crippen molar-refractivity contribution in [3.8, 4) is 11.5 Å². The number of rotatable bonds is 11. The summed E-state index contributed by atoms with van der Waals surface area (Å²) in [5.41, 5.74) is 2.89. The molecule has 33 heavy (non-hydrogen) atoms. The van der Waals surface area contributed by atoms with Gasteiger partial charge in [0.1, 0.15) is 17.3 Å². The van der Waals surface area contributed by atoms with Crippen molar-refractivity contribution in [3.05, 3.63) is 83.6 Å². The smallest absolute Gasteiger partial charge is 0.394 e. The topological polar surface area (TPSA) is 71.9 Å². The molecule has 0 radical (unpaired) electrons. The number of carboxylic acids is 1. The Bertz CT molecular complexity index is 1050. The quantitative estimate of drug-likeness (QED) is 0.433. The number of halogens is 2. The number of aromatic nitrogens is 1. The second-order valence-electron chi connectivity index (χ2n) is 7.75. The number of hydrogen-bond acceptors (Lipinski definition) is 5. The molecule has 2 aromatic carbocycles. The number of pyridine rings is 1. The van der Waals surface area contributed by atoms with Crippen LogP contribution in [0.2, 0.25) is 0 Å². The Labute approximate surface area is 191 Å². The minimum absolute atomic E-state index is 0.105. The lowest BCUT2D eigenvalue weighted by atomic mass is 10.1. The van der Waals surface area contributed by atoms with E-state index in [-0.39, 0.29) is 12.4 Å². The number of alkyl halides is 2. The number of hydrogen-bond donors (Lipinski definition) is 1. The molecule has 0 saturated heterocycles. The van der Waals surface area contributed by atoms with Gasteiger partial charge in [-0.3, -0.25) is 0 Å². The number of aryl methyl sites for hydroxylation is 1. The van der Waals surface area contributed by atoms with Crippen LogP contribution in [0, 0.1) is 6.92 Å². The van der Waals surface area contributed by atoms with Crippen molar-refractivity contribution in [3.63, 3.8) is 0 Å². The van der Waals surface area contributed by atoms with Crippen molar-refractivity contribution < 1.29 is 28.2 Å². The highest BCUT2D eigenvalue weighted by molar-refractivity contribution is 5.68. The summed E-state index contributed by atoms with van der Waals surface area (Å²) in [6.07, 6.45) is -0.775. The van der Waals surface area contributed by atoms with E-state index in [2.05, 4.69) is 9.88 Å². The lowest BCUT2D eigenvalue weighted by Gasteiger charge is -2.24. The normalized spacial score (nSPS) is 11.2. The molecule has 1 aromatic heterocycles. The largest absolute Gasteiger partial charge is 0.482 e. The van der Waals surface area contributed by atoms with E-state index in [1.165, 1.54) is 6.07 Å². The van der Waals surface area contributed by atoms with E-state index in [4.69, 9.17) is 14.6 Å². The van der Waals surface area contributed by atoms with Gasteiger partial charge in [-0.15, -0.1) is 0 Å². The number of carbonyl (C=O) groups is 1. The number of benzene rings is 2. The first-order valence-corrected chi connectivity index (χ1v) is 10.4. The molecule has 0 unspecified atom stereocenters. The van der Waals surface area contributed by atoms with Crippen LogP contribution in [0.25, 0.3) is 0 Å². The number of carboxylic acid groups (broad SMARTS) is 1. The molecule has 0 atom stereocenters. The van der Waals surface area contributed by atoms with Gasteiger partial charge in [-0.1, -0.05) is 30.3 Å². The maximum Gasteiger partial charge on any atom is 0.394 e. The fraction of sp³-hybridized carbons (Fsp3) is 0.280. The maximum atomic E-state index is 13.2. The maximum absolute atomic E-state index is 13.2. The molecule has 0 aliphatic heterocycles. The van der Waals surface area contributed by atoms with Gasteiger partial charge in [0.2, 0.25) is 0 Å². The third-order valence-electron chi connectivity index (χ3n) is 4.74. The van der Waals surface area contributed by atoms with Gasteiger partial charge in [0.15, 0.2) is 6.61 Å². The minimum atomic E-state index is -3.25. The summed E-state index contributed by atoms with van der Waals surface area (Å²) in [6, 6.07) is 17.8. The van der Waals surface area contributed by atoms with Crippen molar-refractivity contribution in [1.82, 2.24) is 4.98 Å². The van der Waals surface area contributed by atoms with Gasteiger partial charge in [-0.2, -0.15) is 8.78 Å². The number of anilines is 1. The summed E-state index contributed by atoms with van der Waals surface area (Å²) < 4.78 is 36.4. The van der Waals surface area contributed by atoms with Crippen molar-refractivity contribution in [1.29, 1.82) is 0 Å². The van der Waals surface area contributed by atoms with E-state index in [1.807, 2.05) is 37.3 Å². The molecular formula is C25H26F2N2O4. The molecule has 0 fully saturated rings. The van der Waals surface area contributed by atoms with Crippen LogP contribution in [-0.2, 0) is 17.8 Å². The Morgan fingerprint density at radius 3 is 2.45 bits per heavy atom.